The summed E-state index contributed by atoms with van der Waals surface area (Å²) < 4.78 is 87.6. The van der Waals surface area contributed by atoms with Gasteiger partial charge in [0.05, 0.1) is 35.1 Å². The SMILES string of the molecule is C[C@H]1[C@H](F)C[C@@H](C(=O)CCc2cc(OCc3ccc(F)cn3)c(F)cn2)N1S(=O)(=O)c1ccc(F)cc1. The standard InChI is InChI=1S/C25H23F4N3O4S/c1-15-21(28)11-23(32(15)37(34,35)20-7-3-16(26)4-8-20)24(33)9-6-18-10-25(22(29)13-31-18)36-14-19-5-2-17(27)12-30-19/h2-5,7-8,10,12-13,15,21,23H,6,9,11,14H2,1H3/t15-,21+,23-/m0/s1. The molecule has 0 N–H and O–H groups in total. The van der Waals surface area contributed by atoms with Gasteiger partial charge in [-0.05, 0) is 49.7 Å². The zero-order valence-corrected chi connectivity index (χ0v) is 20.5. The number of ether oxygens (including phenoxy) is 1. The Morgan fingerprint density at radius 2 is 1.70 bits per heavy atom. The number of hydrogen-bond donors (Lipinski definition) is 0. The highest BCUT2D eigenvalue weighted by molar-refractivity contribution is 7.89. The lowest BCUT2D eigenvalue weighted by atomic mass is 10.0. The first-order valence-electron chi connectivity index (χ1n) is 11.4. The lowest BCUT2D eigenvalue weighted by Crippen LogP contribution is -2.44. The number of hydrogen-bond acceptors (Lipinski definition) is 6. The number of carbonyl (C=O) groups excluding carboxylic acids is 1. The molecular weight excluding hydrogens is 514 g/mol. The van der Waals surface area contributed by atoms with Gasteiger partial charge >= 0.3 is 0 Å². The summed E-state index contributed by atoms with van der Waals surface area (Å²) in [7, 11) is -4.27. The number of nitrogens with zero attached hydrogens (tertiary/aromatic N) is 3. The van der Waals surface area contributed by atoms with Crippen molar-refractivity contribution in [1.29, 1.82) is 0 Å². The van der Waals surface area contributed by atoms with Crippen molar-refractivity contribution in [2.45, 2.75) is 55.9 Å². The van der Waals surface area contributed by atoms with Gasteiger partial charge in [0.1, 0.15) is 24.4 Å². The second-order valence-corrected chi connectivity index (χ2v) is 10.5. The van der Waals surface area contributed by atoms with Crippen LogP contribution in [0.4, 0.5) is 17.6 Å². The van der Waals surface area contributed by atoms with Gasteiger partial charge in [0.2, 0.25) is 10.0 Å². The Hall–Kier alpha value is -3.38. The summed E-state index contributed by atoms with van der Waals surface area (Å²) in [5.74, 6) is -2.58. The Morgan fingerprint density at radius 3 is 2.38 bits per heavy atom. The number of halogens is 4. The van der Waals surface area contributed by atoms with Crippen molar-refractivity contribution in [2.24, 2.45) is 0 Å². The normalized spacial score (nSPS) is 20.2. The van der Waals surface area contributed by atoms with Gasteiger partial charge in [-0.15, -0.1) is 0 Å². The average molecular weight is 538 g/mol. The maximum absolute atomic E-state index is 14.6. The van der Waals surface area contributed by atoms with E-state index >= 15 is 0 Å². The monoisotopic (exact) mass is 537 g/mol. The zero-order valence-electron chi connectivity index (χ0n) is 19.7. The van der Waals surface area contributed by atoms with Crippen molar-refractivity contribution < 1.29 is 35.5 Å². The van der Waals surface area contributed by atoms with Gasteiger partial charge in [-0.1, -0.05) is 0 Å². The molecule has 2 aromatic heterocycles. The minimum absolute atomic E-state index is 0.0243. The van der Waals surface area contributed by atoms with Crippen LogP contribution in [0.1, 0.15) is 31.2 Å². The van der Waals surface area contributed by atoms with E-state index in [4.69, 9.17) is 4.74 Å². The van der Waals surface area contributed by atoms with Crippen LogP contribution in [0.25, 0.3) is 0 Å². The van der Waals surface area contributed by atoms with E-state index in [0.29, 0.717) is 11.4 Å². The van der Waals surface area contributed by atoms with Crippen LogP contribution in [-0.4, -0.2) is 46.7 Å². The average Bonchev–Trinajstić information content (AvgIpc) is 3.18. The van der Waals surface area contributed by atoms with Crippen LogP contribution >= 0.6 is 0 Å². The number of pyridine rings is 2. The minimum Gasteiger partial charge on any atom is -0.484 e. The lowest BCUT2D eigenvalue weighted by Gasteiger charge is -2.26. The summed E-state index contributed by atoms with van der Waals surface area (Å²) in [4.78, 5) is 20.6. The maximum atomic E-state index is 14.6. The van der Waals surface area contributed by atoms with Crippen LogP contribution in [0, 0.1) is 17.5 Å². The molecule has 3 atom stereocenters. The number of Topliss-reactive ketones (excluding diaryl/α,β-unsaturated/α-hetero) is 1. The molecule has 3 aromatic rings. The summed E-state index contributed by atoms with van der Waals surface area (Å²) >= 11 is 0. The summed E-state index contributed by atoms with van der Waals surface area (Å²) in [5, 5.41) is 0. The first-order valence-corrected chi connectivity index (χ1v) is 12.8. The highest BCUT2D eigenvalue weighted by Crippen LogP contribution is 2.34. The van der Waals surface area contributed by atoms with Crippen LogP contribution in [0.5, 0.6) is 5.75 Å². The molecule has 4 rings (SSSR count). The van der Waals surface area contributed by atoms with E-state index in [2.05, 4.69) is 9.97 Å². The summed E-state index contributed by atoms with van der Waals surface area (Å²) in [6.07, 6.45) is -0.102. The Kier molecular flexibility index (Phi) is 7.88. The molecule has 0 bridgehead atoms. The van der Waals surface area contributed by atoms with E-state index in [-0.39, 0.29) is 36.5 Å². The topological polar surface area (TPSA) is 89.5 Å². The molecule has 37 heavy (non-hydrogen) atoms. The zero-order chi connectivity index (χ0) is 26.7. The number of sulfonamides is 1. The number of aryl methyl sites for hydroxylation is 1. The predicted octanol–water partition coefficient (Wildman–Crippen LogP) is 4.16. The largest absolute Gasteiger partial charge is 0.484 e. The van der Waals surface area contributed by atoms with Gasteiger partial charge in [-0.2, -0.15) is 4.31 Å². The minimum atomic E-state index is -4.27. The van der Waals surface area contributed by atoms with Crippen LogP contribution in [0.15, 0.2) is 59.8 Å². The summed E-state index contributed by atoms with van der Waals surface area (Å²) in [6, 6.07) is 5.62. The second-order valence-electron chi connectivity index (χ2n) is 8.63. The van der Waals surface area contributed by atoms with Crippen molar-refractivity contribution in [2.75, 3.05) is 0 Å². The van der Waals surface area contributed by atoms with Gasteiger partial charge in [-0.25, -0.2) is 26.0 Å². The fourth-order valence-electron chi connectivity index (χ4n) is 4.11. The van der Waals surface area contributed by atoms with E-state index in [1.807, 2.05) is 0 Å². The number of ketones is 1. The van der Waals surface area contributed by atoms with Gasteiger partial charge < -0.3 is 4.74 Å². The Labute approximate surface area is 211 Å². The molecule has 0 aliphatic carbocycles. The molecule has 1 saturated heterocycles. The van der Waals surface area contributed by atoms with E-state index in [1.54, 1.807) is 0 Å². The van der Waals surface area contributed by atoms with E-state index in [0.717, 1.165) is 41.0 Å². The number of rotatable bonds is 9. The molecule has 0 unspecified atom stereocenters. The molecule has 1 aliphatic rings. The summed E-state index contributed by atoms with van der Waals surface area (Å²) in [6.45, 7) is 1.24. The quantitative estimate of drug-likeness (QED) is 0.381. The third-order valence-corrected chi connectivity index (χ3v) is 8.12. The van der Waals surface area contributed by atoms with Crippen molar-refractivity contribution in [3.63, 3.8) is 0 Å². The number of benzene rings is 1. The summed E-state index contributed by atoms with van der Waals surface area (Å²) in [5.41, 5.74) is 0.667. The number of alkyl halides is 1. The first kappa shape index (κ1) is 26.7. The number of carbonyl (C=O) groups is 1. The molecule has 1 aliphatic heterocycles. The van der Waals surface area contributed by atoms with E-state index in [1.165, 1.54) is 25.1 Å². The lowest BCUT2D eigenvalue weighted by molar-refractivity contribution is -0.122. The van der Waals surface area contributed by atoms with Crippen LogP contribution in [0.2, 0.25) is 0 Å². The molecule has 0 radical (unpaired) electrons. The van der Waals surface area contributed by atoms with Crippen molar-refractivity contribution in [1.82, 2.24) is 14.3 Å². The van der Waals surface area contributed by atoms with Crippen molar-refractivity contribution in [3.05, 3.63) is 83.7 Å². The highest BCUT2D eigenvalue weighted by atomic mass is 32.2. The van der Waals surface area contributed by atoms with Gasteiger partial charge in [0.25, 0.3) is 0 Å². The fraction of sp³-hybridized carbons (Fsp3) is 0.320. The third kappa shape index (κ3) is 5.96. The maximum Gasteiger partial charge on any atom is 0.244 e. The van der Waals surface area contributed by atoms with Crippen LogP contribution in [0.3, 0.4) is 0 Å². The molecule has 12 heteroatoms. The van der Waals surface area contributed by atoms with E-state index < -0.39 is 51.5 Å². The predicted molar refractivity (Wildman–Crippen MR) is 124 cm³/mol. The molecule has 0 saturated carbocycles. The molecule has 1 fully saturated rings. The van der Waals surface area contributed by atoms with Crippen LogP contribution < -0.4 is 4.74 Å². The van der Waals surface area contributed by atoms with Gasteiger partial charge in [-0.3, -0.25) is 14.8 Å². The molecule has 0 amide bonds. The number of aromatic nitrogens is 2. The molecule has 0 spiro atoms. The van der Waals surface area contributed by atoms with Crippen LogP contribution in [-0.2, 0) is 27.8 Å². The molecular formula is C25H23F4N3O4S. The first-order chi connectivity index (χ1) is 17.6. The molecule has 3 heterocycles. The third-order valence-electron chi connectivity index (χ3n) is 6.11. The second kappa shape index (κ2) is 10.9. The van der Waals surface area contributed by atoms with Crippen molar-refractivity contribution >= 4 is 15.8 Å². The smallest absolute Gasteiger partial charge is 0.244 e. The highest BCUT2D eigenvalue weighted by Gasteiger charge is 2.48. The Balaban J connectivity index is 1.45. The molecule has 1 aromatic carbocycles. The van der Waals surface area contributed by atoms with E-state index in [9.17, 15) is 30.8 Å². The Morgan fingerprint density at radius 1 is 1.03 bits per heavy atom. The van der Waals surface area contributed by atoms with Gasteiger partial charge in [0, 0.05) is 24.6 Å². The van der Waals surface area contributed by atoms with Crippen molar-refractivity contribution in [3.8, 4) is 5.75 Å². The molecule has 196 valence electrons. The fourth-order valence-corrected chi connectivity index (χ4v) is 5.95. The molecule has 7 nitrogen and oxygen atoms in total. The van der Waals surface area contributed by atoms with Gasteiger partial charge in [0.15, 0.2) is 17.3 Å². The Bertz CT molecular complexity index is 1370.